The van der Waals surface area contributed by atoms with Gasteiger partial charge < -0.3 is 14.9 Å². The average molecular weight is 353 g/mol. The molecule has 1 fully saturated rings. The Morgan fingerprint density at radius 1 is 1.43 bits per heavy atom. The van der Waals surface area contributed by atoms with E-state index in [1.54, 1.807) is 6.08 Å². The summed E-state index contributed by atoms with van der Waals surface area (Å²) in [6, 6.07) is 6.50. The first kappa shape index (κ1) is 16.0. The van der Waals surface area contributed by atoms with Crippen molar-refractivity contribution in [2.45, 2.75) is 18.9 Å². The van der Waals surface area contributed by atoms with Crippen molar-refractivity contribution < 1.29 is 9.90 Å². The molecule has 1 aliphatic rings. The van der Waals surface area contributed by atoms with Gasteiger partial charge in [0, 0.05) is 29.3 Å². The van der Waals surface area contributed by atoms with Crippen LogP contribution in [0.3, 0.4) is 0 Å². The van der Waals surface area contributed by atoms with Gasteiger partial charge in [0.2, 0.25) is 0 Å². The highest BCUT2D eigenvalue weighted by Crippen LogP contribution is 2.29. The van der Waals surface area contributed by atoms with Crippen molar-refractivity contribution >= 4 is 33.7 Å². The van der Waals surface area contributed by atoms with Crippen LogP contribution in [0.2, 0.25) is 0 Å². The maximum Gasteiger partial charge on any atom is 0.328 e. The van der Waals surface area contributed by atoms with E-state index in [9.17, 15) is 4.79 Å². The van der Waals surface area contributed by atoms with E-state index in [4.69, 9.17) is 5.11 Å². The SMILES string of the molecule is CN1CCC(N(C)c2ccc(Br)cc2/C=C/C(=O)O)CC1. The number of hydrogen-bond donors (Lipinski definition) is 1. The van der Waals surface area contributed by atoms with Crippen molar-refractivity contribution in [2.24, 2.45) is 0 Å². The van der Waals surface area contributed by atoms with Gasteiger partial charge in [0.05, 0.1) is 0 Å². The summed E-state index contributed by atoms with van der Waals surface area (Å²) in [7, 11) is 4.24. The summed E-state index contributed by atoms with van der Waals surface area (Å²) >= 11 is 3.45. The van der Waals surface area contributed by atoms with Gasteiger partial charge in [-0.25, -0.2) is 4.79 Å². The van der Waals surface area contributed by atoms with Crippen LogP contribution >= 0.6 is 15.9 Å². The van der Waals surface area contributed by atoms with Gasteiger partial charge in [-0.3, -0.25) is 0 Å². The molecule has 5 heteroatoms. The van der Waals surface area contributed by atoms with E-state index < -0.39 is 5.97 Å². The summed E-state index contributed by atoms with van der Waals surface area (Å²) in [4.78, 5) is 15.4. The van der Waals surface area contributed by atoms with E-state index in [2.05, 4.69) is 39.8 Å². The molecule has 114 valence electrons. The van der Waals surface area contributed by atoms with Gasteiger partial charge in [0.1, 0.15) is 0 Å². The fourth-order valence-corrected chi connectivity index (χ4v) is 3.10. The molecular formula is C16H21BrN2O2. The van der Waals surface area contributed by atoms with Crippen LogP contribution < -0.4 is 4.90 Å². The zero-order chi connectivity index (χ0) is 15.4. The number of carboxylic acids is 1. The number of likely N-dealkylation sites (tertiary alicyclic amines) is 1. The van der Waals surface area contributed by atoms with Gasteiger partial charge in [0.25, 0.3) is 0 Å². The normalized spacial score (nSPS) is 17.3. The van der Waals surface area contributed by atoms with Gasteiger partial charge in [-0.1, -0.05) is 15.9 Å². The van der Waals surface area contributed by atoms with Gasteiger partial charge in [-0.05, 0) is 62.8 Å². The molecule has 2 rings (SSSR count). The van der Waals surface area contributed by atoms with E-state index in [1.165, 1.54) is 6.08 Å². The lowest BCUT2D eigenvalue weighted by molar-refractivity contribution is -0.131. The number of hydrogen-bond acceptors (Lipinski definition) is 3. The van der Waals surface area contributed by atoms with Crippen molar-refractivity contribution in [1.29, 1.82) is 0 Å². The number of rotatable bonds is 4. The van der Waals surface area contributed by atoms with Crippen LogP contribution in [0.15, 0.2) is 28.7 Å². The zero-order valence-electron chi connectivity index (χ0n) is 12.4. The molecule has 0 saturated carbocycles. The molecule has 0 spiro atoms. The Bertz CT molecular complexity index is 537. The smallest absolute Gasteiger partial charge is 0.328 e. The maximum absolute atomic E-state index is 10.8. The van der Waals surface area contributed by atoms with Crippen LogP contribution in [-0.2, 0) is 4.79 Å². The molecule has 0 bridgehead atoms. The summed E-state index contributed by atoms with van der Waals surface area (Å²) in [5.74, 6) is -0.928. The number of anilines is 1. The van der Waals surface area contributed by atoms with Crippen molar-refractivity contribution in [3.63, 3.8) is 0 Å². The minimum Gasteiger partial charge on any atom is -0.478 e. The summed E-state index contributed by atoms with van der Waals surface area (Å²) < 4.78 is 0.952. The maximum atomic E-state index is 10.8. The summed E-state index contributed by atoms with van der Waals surface area (Å²) in [6.07, 6.45) is 5.11. The van der Waals surface area contributed by atoms with Crippen LogP contribution in [0.4, 0.5) is 5.69 Å². The van der Waals surface area contributed by atoms with E-state index >= 15 is 0 Å². The van der Waals surface area contributed by atoms with Crippen molar-refractivity contribution in [3.05, 3.63) is 34.3 Å². The summed E-state index contributed by atoms with van der Waals surface area (Å²) in [6.45, 7) is 2.21. The molecular weight excluding hydrogens is 332 g/mol. The van der Waals surface area contributed by atoms with Gasteiger partial charge in [-0.15, -0.1) is 0 Å². The lowest BCUT2D eigenvalue weighted by atomic mass is 10.0. The second kappa shape index (κ2) is 7.09. The van der Waals surface area contributed by atoms with E-state index in [-0.39, 0.29) is 0 Å². The van der Waals surface area contributed by atoms with Crippen LogP contribution in [-0.4, -0.2) is 49.2 Å². The summed E-state index contributed by atoms with van der Waals surface area (Å²) in [5.41, 5.74) is 2.00. The van der Waals surface area contributed by atoms with Gasteiger partial charge >= 0.3 is 5.97 Å². The molecule has 1 saturated heterocycles. The topological polar surface area (TPSA) is 43.8 Å². The standard InChI is InChI=1S/C16H21BrN2O2/c1-18-9-7-14(8-10-18)19(2)15-5-4-13(17)11-12(15)3-6-16(20)21/h3-6,11,14H,7-10H2,1-2H3,(H,20,21)/b6-3+. The number of aliphatic carboxylic acids is 1. The second-order valence-corrected chi connectivity index (χ2v) is 6.44. The Morgan fingerprint density at radius 2 is 2.10 bits per heavy atom. The predicted molar refractivity (Wildman–Crippen MR) is 89.7 cm³/mol. The third-order valence-corrected chi connectivity index (χ3v) is 4.50. The molecule has 1 aromatic carbocycles. The van der Waals surface area contributed by atoms with E-state index in [0.29, 0.717) is 6.04 Å². The van der Waals surface area contributed by atoms with E-state index in [0.717, 1.165) is 41.7 Å². The average Bonchev–Trinajstić information content (AvgIpc) is 2.45. The van der Waals surface area contributed by atoms with Gasteiger partial charge in [0.15, 0.2) is 0 Å². The van der Waals surface area contributed by atoms with Crippen LogP contribution in [0.1, 0.15) is 18.4 Å². The van der Waals surface area contributed by atoms with Crippen LogP contribution in [0.5, 0.6) is 0 Å². The van der Waals surface area contributed by atoms with Gasteiger partial charge in [-0.2, -0.15) is 0 Å². The lowest BCUT2D eigenvalue weighted by Crippen LogP contribution is -2.42. The predicted octanol–water partition coefficient (Wildman–Crippen LogP) is 3.08. The first-order valence-corrected chi connectivity index (χ1v) is 7.88. The highest BCUT2D eigenvalue weighted by Gasteiger charge is 2.21. The fraction of sp³-hybridized carbons (Fsp3) is 0.438. The molecule has 0 aromatic heterocycles. The largest absolute Gasteiger partial charge is 0.478 e. The highest BCUT2D eigenvalue weighted by atomic mass is 79.9. The molecule has 0 amide bonds. The zero-order valence-corrected chi connectivity index (χ0v) is 14.0. The molecule has 1 aromatic rings. The minimum absolute atomic E-state index is 0.499. The first-order valence-electron chi connectivity index (χ1n) is 7.09. The Kier molecular flexibility index (Phi) is 5.42. The first-order chi connectivity index (χ1) is 9.97. The minimum atomic E-state index is -0.928. The molecule has 0 aliphatic carbocycles. The lowest BCUT2D eigenvalue weighted by Gasteiger charge is -2.37. The Balaban J connectivity index is 2.23. The molecule has 0 atom stereocenters. The highest BCUT2D eigenvalue weighted by molar-refractivity contribution is 9.10. The molecule has 0 unspecified atom stereocenters. The van der Waals surface area contributed by atoms with Crippen molar-refractivity contribution in [3.8, 4) is 0 Å². The third-order valence-electron chi connectivity index (χ3n) is 4.01. The number of carbonyl (C=O) groups is 1. The molecule has 1 aliphatic heterocycles. The molecule has 21 heavy (non-hydrogen) atoms. The molecule has 1 heterocycles. The second-order valence-electron chi connectivity index (χ2n) is 5.52. The Labute approximate surface area is 134 Å². The Hall–Kier alpha value is -1.33. The third kappa shape index (κ3) is 4.32. The van der Waals surface area contributed by atoms with Crippen LogP contribution in [0.25, 0.3) is 6.08 Å². The fourth-order valence-electron chi connectivity index (χ4n) is 2.72. The monoisotopic (exact) mass is 352 g/mol. The number of benzene rings is 1. The van der Waals surface area contributed by atoms with Crippen LogP contribution in [0, 0.1) is 0 Å². The number of nitrogens with zero attached hydrogens (tertiary/aromatic N) is 2. The summed E-state index contributed by atoms with van der Waals surface area (Å²) in [5, 5.41) is 8.83. The molecule has 4 nitrogen and oxygen atoms in total. The number of halogens is 1. The molecule has 0 radical (unpaired) electrons. The molecule has 1 N–H and O–H groups in total. The van der Waals surface area contributed by atoms with Crippen molar-refractivity contribution in [2.75, 3.05) is 32.1 Å². The number of carboxylic acid groups (broad SMARTS) is 1. The Morgan fingerprint density at radius 3 is 2.71 bits per heavy atom. The quantitative estimate of drug-likeness (QED) is 0.845. The van der Waals surface area contributed by atoms with Crippen molar-refractivity contribution in [1.82, 2.24) is 4.90 Å². The number of piperidine rings is 1. The van der Waals surface area contributed by atoms with E-state index in [1.807, 2.05) is 18.2 Å².